The van der Waals surface area contributed by atoms with Gasteiger partial charge in [0.1, 0.15) is 23.0 Å². The van der Waals surface area contributed by atoms with Gasteiger partial charge in [-0.2, -0.15) is 0 Å². The Balaban J connectivity index is 2.02. The number of benzene rings is 2. The first-order valence-corrected chi connectivity index (χ1v) is 9.69. The summed E-state index contributed by atoms with van der Waals surface area (Å²) in [6.07, 6.45) is 1.59. The van der Waals surface area contributed by atoms with Gasteiger partial charge in [0.25, 0.3) is 0 Å². The number of nitrogens with zero attached hydrogens (tertiary/aromatic N) is 3. The highest BCUT2D eigenvalue weighted by Crippen LogP contribution is 2.45. The maximum Gasteiger partial charge on any atom is 0.248 e. The van der Waals surface area contributed by atoms with Crippen LogP contribution in [0, 0.1) is 5.82 Å². The van der Waals surface area contributed by atoms with E-state index in [0.29, 0.717) is 39.0 Å². The van der Waals surface area contributed by atoms with Gasteiger partial charge in [-0.1, -0.05) is 28.9 Å². The van der Waals surface area contributed by atoms with Crippen LogP contribution in [0.3, 0.4) is 0 Å². The van der Waals surface area contributed by atoms with E-state index in [2.05, 4.69) is 10.1 Å². The molecule has 0 unspecified atom stereocenters. The molecule has 0 aliphatic carbocycles. The van der Waals surface area contributed by atoms with Gasteiger partial charge in [0, 0.05) is 18.7 Å². The molecule has 0 saturated heterocycles. The minimum absolute atomic E-state index is 0.122. The molecule has 0 atom stereocenters. The molecule has 2 aromatic heterocycles. The second kappa shape index (κ2) is 8.57. The lowest BCUT2D eigenvalue weighted by Crippen LogP contribution is -2.23. The summed E-state index contributed by atoms with van der Waals surface area (Å²) in [6.45, 7) is 1.39. The first kappa shape index (κ1) is 20.6. The molecule has 0 fully saturated rings. The van der Waals surface area contributed by atoms with Crippen molar-refractivity contribution in [1.29, 1.82) is 0 Å². The molecule has 2 aromatic carbocycles. The third-order valence-corrected chi connectivity index (χ3v) is 4.95. The van der Waals surface area contributed by atoms with Crippen LogP contribution in [-0.2, 0) is 4.79 Å². The number of hydrogen-bond acceptors (Lipinski definition) is 5. The topological polar surface area (TPSA) is 68.5 Å². The van der Waals surface area contributed by atoms with Gasteiger partial charge < -0.3 is 9.26 Å². The Morgan fingerprint density at radius 1 is 1.06 bits per heavy atom. The maximum absolute atomic E-state index is 13.5. The molecule has 0 radical (unpaired) electrons. The third kappa shape index (κ3) is 3.87. The van der Waals surface area contributed by atoms with E-state index < -0.39 is 0 Å². The number of pyridine rings is 1. The molecule has 0 bridgehead atoms. The molecule has 6 nitrogen and oxygen atoms in total. The number of anilines is 2. The van der Waals surface area contributed by atoms with Crippen molar-refractivity contribution in [1.82, 2.24) is 10.1 Å². The smallest absolute Gasteiger partial charge is 0.248 e. The van der Waals surface area contributed by atoms with Crippen LogP contribution in [0.2, 0.25) is 5.02 Å². The van der Waals surface area contributed by atoms with Gasteiger partial charge in [-0.15, -0.1) is 0 Å². The highest BCUT2D eigenvalue weighted by Gasteiger charge is 2.30. The van der Waals surface area contributed by atoms with Crippen molar-refractivity contribution in [2.75, 3.05) is 12.0 Å². The average molecular weight is 438 g/mol. The average Bonchev–Trinajstić information content (AvgIpc) is 3.19. The van der Waals surface area contributed by atoms with Crippen molar-refractivity contribution < 1.29 is 18.4 Å². The van der Waals surface area contributed by atoms with Crippen molar-refractivity contribution in [2.24, 2.45) is 0 Å². The number of para-hydroxylation sites is 1. The summed E-state index contributed by atoms with van der Waals surface area (Å²) < 4.78 is 24.7. The number of amides is 1. The van der Waals surface area contributed by atoms with E-state index >= 15 is 0 Å². The summed E-state index contributed by atoms with van der Waals surface area (Å²) in [4.78, 5) is 18.5. The summed E-state index contributed by atoms with van der Waals surface area (Å²) in [5.41, 5.74) is 2.22. The number of rotatable bonds is 5. The molecule has 0 aliphatic rings. The molecule has 31 heavy (non-hydrogen) atoms. The van der Waals surface area contributed by atoms with Crippen molar-refractivity contribution in [3.8, 4) is 28.3 Å². The zero-order valence-electron chi connectivity index (χ0n) is 16.7. The quantitative estimate of drug-likeness (QED) is 0.389. The van der Waals surface area contributed by atoms with E-state index in [1.54, 1.807) is 54.7 Å². The lowest BCUT2D eigenvalue weighted by atomic mass is 10.0. The lowest BCUT2D eigenvalue weighted by molar-refractivity contribution is -0.116. The Morgan fingerprint density at radius 3 is 2.48 bits per heavy atom. The van der Waals surface area contributed by atoms with Gasteiger partial charge in [-0.3, -0.25) is 9.78 Å². The fraction of sp³-hybridized carbons (Fsp3) is 0.0870. The summed E-state index contributed by atoms with van der Waals surface area (Å²) >= 11 is 6.37. The second-order valence-corrected chi connectivity index (χ2v) is 6.99. The monoisotopic (exact) mass is 437 g/mol. The molecule has 0 aliphatic heterocycles. The van der Waals surface area contributed by atoms with Crippen LogP contribution in [0.5, 0.6) is 5.75 Å². The Hall–Kier alpha value is -3.71. The van der Waals surface area contributed by atoms with Crippen molar-refractivity contribution in [3.63, 3.8) is 0 Å². The highest BCUT2D eigenvalue weighted by atomic mass is 35.5. The van der Waals surface area contributed by atoms with Crippen LogP contribution in [0.25, 0.3) is 22.5 Å². The zero-order chi connectivity index (χ0) is 22.0. The number of ether oxygens (including phenoxy) is 1. The normalized spacial score (nSPS) is 10.7. The van der Waals surface area contributed by atoms with Crippen LogP contribution in [-0.4, -0.2) is 23.2 Å². The predicted octanol–water partition coefficient (Wildman–Crippen LogP) is 5.89. The largest absolute Gasteiger partial charge is 0.494 e. The van der Waals surface area contributed by atoms with Crippen LogP contribution in [0.1, 0.15) is 6.92 Å². The van der Waals surface area contributed by atoms with E-state index in [9.17, 15) is 9.18 Å². The number of hydrogen-bond donors (Lipinski definition) is 0. The minimum Gasteiger partial charge on any atom is -0.494 e. The summed E-state index contributed by atoms with van der Waals surface area (Å²) in [7, 11) is 1.52. The van der Waals surface area contributed by atoms with Crippen LogP contribution >= 0.6 is 11.6 Å². The summed E-state index contributed by atoms with van der Waals surface area (Å²) in [5.74, 6) is -0.146. The molecule has 156 valence electrons. The molecule has 4 rings (SSSR count). The number of halogens is 2. The SMILES string of the molecule is COc1cccnc1-c1c(-c2ccc(F)cc2)noc1N(C(C)=O)c1ccccc1Cl. The molecular formula is C23H17ClFN3O3. The van der Waals surface area contributed by atoms with Crippen molar-refractivity contribution >= 4 is 29.1 Å². The van der Waals surface area contributed by atoms with Gasteiger partial charge in [0.15, 0.2) is 0 Å². The van der Waals surface area contributed by atoms with Crippen LogP contribution < -0.4 is 9.64 Å². The van der Waals surface area contributed by atoms with Crippen LogP contribution in [0.15, 0.2) is 71.4 Å². The van der Waals surface area contributed by atoms with E-state index in [4.69, 9.17) is 20.9 Å². The molecule has 0 N–H and O–H groups in total. The first-order valence-electron chi connectivity index (χ1n) is 9.31. The number of carbonyl (C=O) groups is 1. The van der Waals surface area contributed by atoms with Gasteiger partial charge in [-0.05, 0) is 48.5 Å². The van der Waals surface area contributed by atoms with E-state index in [1.165, 1.54) is 31.1 Å². The Bertz CT molecular complexity index is 1240. The number of aromatic nitrogens is 2. The first-order chi connectivity index (χ1) is 15.0. The standard InChI is InChI=1S/C23H17ClFN3O3/c1-14(29)28(18-7-4-3-6-17(18)24)23-20(22-19(30-2)8-5-13-26-22)21(27-31-23)15-9-11-16(25)12-10-15/h3-13H,1-2H3. The van der Waals surface area contributed by atoms with Crippen LogP contribution in [0.4, 0.5) is 16.0 Å². The van der Waals surface area contributed by atoms with E-state index in [1.807, 2.05) is 0 Å². The third-order valence-electron chi connectivity index (χ3n) is 4.63. The van der Waals surface area contributed by atoms with E-state index in [0.717, 1.165) is 0 Å². The Morgan fingerprint density at radius 2 is 1.81 bits per heavy atom. The molecular weight excluding hydrogens is 421 g/mol. The van der Waals surface area contributed by atoms with Gasteiger partial charge in [-0.25, -0.2) is 9.29 Å². The predicted molar refractivity (Wildman–Crippen MR) is 116 cm³/mol. The van der Waals surface area contributed by atoms with Crippen molar-refractivity contribution in [3.05, 3.63) is 77.7 Å². The maximum atomic E-state index is 13.5. The number of methoxy groups -OCH3 is 1. The Labute approximate surface area is 182 Å². The van der Waals surface area contributed by atoms with Gasteiger partial charge >= 0.3 is 0 Å². The fourth-order valence-corrected chi connectivity index (χ4v) is 3.47. The molecule has 0 saturated carbocycles. The number of carbonyl (C=O) groups excluding carboxylic acids is 1. The zero-order valence-corrected chi connectivity index (χ0v) is 17.4. The summed E-state index contributed by atoms with van der Waals surface area (Å²) in [5, 5.41) is 4.55. The summed E-state index contributed by atoms with van der Waals surface area (Å²) in [6, 6.07) is 16.1. The van der Waals surface area contributed by atoms with Gasteiger partial charge in [0.2, 0.25) is 11.8 Å². The van der Waals surface area contributed by atoms with E-state index in [-0.39, 0.29) is 17.6 Å². The fourth-order valence-electron chi connectivity index (χ4n) is 3.25. The Kier molecular flexibility index (Phi) is 5.68. The molecule has 2 heterocycles. The second-order valence-electron chi connectivity index (χ2n) is 6.58. The lowest BCUT2D eigenvalue weighted by Gasteiger charge is -2.20. The molecule has 4 aromatic rings. The minimum atomic E-state index is -0.383. The highest BCUT2D eigenvalue weighted by molar-refractivity contribution is 6.34. The van der Waals surface area contributed by atoms with Crippen molar-refractivity contribution in [2.45, 2.75) is 6.92 Å². The molecule has 1 amide bonds. The molecule has 0 spiro atoms. The molecule has 8 heteroatoms. The van der Waals surface area contributed by atoms with Gasteiger partial charge in [0.05, 0.1) is 23.4 Å².